The summed E-state index contributed by atoms with van der Waals surface area (Å²) in [6.07, 6.45) is 4.84. The summed E-state index contributed by atoms with van der Waals surface area (Å²) in [4.78, 5) is 7.22. The Hall–Kier alpha value is -3.48. The van der Waals surface area contributed by atoms with Crippen LogP contribution in [0.2, 0.25) is 0 Å². The van der Waals surface area contributed by atoms with Crippen LogP contribution in [0.4, 0.5) is 5.69 Å². The molecule has 7 nitrogen and oxygen atoms in total. The summed E-state index contributed by atoms with van der Waals surface area (Å²) in [6, 6.07) is 19.0. The first-order chi connectivity index (χ1) is 15.7. The molecule has 0 aliphatic carbocycles. The Morgan fingerprint density at radius 3 is 2.84 bits per heavy atom. The maximum Gasteiger partial charge on any atom is 0.191 e. The summed E-state index contributed by atoms with van der Waals surface area (Å²) >= 11 is 0. The highest BCUT2D eigenvalue weighted by molar-refractivity contribution is 5.80. The summed E-state index contributed by atoms with van der Waals surface area (Å²) in [7, 11) is 1.73. The van der Waals surface area contributed by atoms with Crippen LogP contribution in [0.3, 0.4) is 0 Å². The van der Waals surface area contributed by atoms with Gasteiger partial charge in [0.15, 0.2) is 5.96 Å². The van der Waals surface area contributed by atoms with Gasteiger partial charge in [-0.25, -0.2) is 4.99 Å². The number of guanidine groups is 1. The summed E-state index contributed by atoms with van der Waals surface area (Å²) in [5, 5.41) is 11.3. The monoisotopic (exact) mass is 432 g/mol. The van der Waals surface area contributed by atoms with Crippen LogP contribution in [0.1, 0.15) is 24.5 Å². The van der Waals surface area contributed by atoms with Gasteiger partial charge >= 0.3 is 0 Å². The van der Waals surface area contributed by atoms with E-state index in [2.05, 4.69) is 64.0 Å². The van der Waals surface area contributed by atoms with Crippen LogP contribution in [0.5, 0.6) is 5.75 Å². The van der Waals surface area contributed by atoms with Gasteiger partial charge in [-0.2, -0.15) is 5.10 Å². The molecule has 3 aromatic rings. The first-order valence-electron chi connectivity index (χ1n) is 11.2. The van der Waals surface area contributed by atoms with Crippen LogP contribution in [0, 0.1) is 0 Å². The second kappa shape index (κ2) is 10.7. The zero-order valence-corrected chi connectivity index (χ0v) is 18.9. The molecule has 1 fully saturated rings. The van der Waals surface area contributed by atoms with E-state index in [1.807, 2.05) is 29.1 Å². The predicted octanol–water partition coefficient (Wildman–Crippen LogP) is 3.27. The van der Waals surface area contributed by atoms with Crippen molar-refractivity contribution in [3.8, 4) is 5.75 Å². The number of aromatic nitrogens is 2. The molecule has 1 aromatic heterocycles. The first-order valence-corrected chi connectivity index (χ1v) is 11.2. The van der Waals surface area contributed by atoms with Crippen molar-refractivity contribution in [3.05, 3.63) is 78.1 Å². The van der Waals surface area contributed by atoms with E-state index < -0.39 is 0 Å². The van der Waals surface area contributed by atoms with Crippen molar-refractivity contribution in [2.24, 2.45) is 4.99 Å². The second-order valence-electron chi connectivity index (χ2n) is 7.97. The molecule has 0 spiro atoms. The smallest absolute Gasteiger partial charge is 0.191 e. The van der Waals surface area contributed by atoms with Crippen LogP contribution in [-0.2, 0) is 13.1 Å². The van der Waals surface area contributed by atoms with Gasteiger partial charge in [0, 0.05) is 38.1 Å². The normalized spacial score (nSPS) is 16.2. The van der Waals surface area contributed by atoms with Crippen molar-refractivity contribution in [3.63, 3.8) is 0 Å². The van der Waals surface area contributed by atoms with Gasteiger partial charge in [0.1, 0.15) is 5.75 Å². The SMILES string of the molecule is CCNC(=NCc1cccc(Cn2cccn2)c1)NC1CCN(c2ccccc2OC)C1. The van der Waals surface area contributed by atoms with Gasteiger partial charge in [0.05, 0.1) is 25.9 Å². The molecule has 0 bridgehead atoms. The standard InChI is InChI=1S/C25H32N6O/c1-3-26-25(27-17-20-8-6-9-21(16-20)18-31-14-7-13-28-31)29-22-12-15-30(19-22)23-10-4-5-11-24(23)32-2/h4-11,13-14,16,22H,3,12,15,17-19H2,1-2H3,(H2,26,27,29). The lowest BCUT2D eigenvalue weighted by Crippen LogP contribution is -2.44. The van der Waals surface area contributed by atoms with E-state index in [-0.39, 0.29) is 0 Å². The summed E-state index contributed by atoms with van der Waals surface area (Å²) in [5.74, 6) is 1.78. The molecule has 2 heterocycles. The molecule has 4 rings (SSSR count). The molecular formula is C25H32N6O. The van der Waals surface area contributed by atoms with E-state index in [0.717, 1.165) is 50.0 Å². The summed E-state index contributed by atoms with van der Waals surface area (Å²) in [5.41, 5.74) is 3.56. The molecule has 168 valence electrons. The largest absolute Gasteiger partial charge is 0.495 e. The molecule has 1 aliphatic rings. The van der Waals surface area contributed by atoms with E-state index in [0.29, 0.717) is 12.6 Å². The zero-order chi connectivity index (χ0) is 22.2. The number of para-hydroxylation sites is 2. The molecule has 1 atom stereocenters. The highest BCUT2D eigenvalue weighted by Crippen LogP contribution is 2.30. The van der Waals surface area contributed by atoms with Gasteiger partial charge in [-0.1, -0.05) is 36.4 Å². The summed E-state index contributed by atoms with van der Waals surface area (Å²) < 4.78 is 7.47. The second-order valence-corrected chi connectivity index (χ2v) is 7.97. The third-order valence-electron chi connectivity index (χ3n) is 5.61. The van der Waals surface area contributed by atoms with Crippen molar-refractivity contribution >= 4 is 11.6 Å². The fraction of sp³-hybridized carbons (Fsp3) is 0.360. The van der Waals surface area contributed by atoms with Gasteiger partial charge in [-0.3, -0.25) is 4.68 Å². The molecule has 2 aromatic carbocycles. The third-order valence-corrected chi connectivity index (χ3v) is 5.61. The first kappa shape index (κ1) is 21.7. The Labute approximate surface area is 190 Å². The van der Waals surface area contributed by atoms with Crippen LogP contribution >= 0.6 is 0 Å². The number of methoxy groups -OCH3 is 1. The minimum absolute atomic E-state index is 0.337. The number of hydrogen-bond acceptors (Lipinski definition) is 4. The number of aliphatic imine (C=N–C) groups is 1. The lowest BCUT2D eigenvalue weighted by molar-refractivity contribution is 0.415. The third kappa shape index (κ3) is 5.60. The van der Waals surface area contributed by atoms with Gasteiger partial charge in [-0.05, 0) is 42.7 Å². The molecule has 32 heavy (non-hydrogen) atoms. The lowest BCUT2D eigenvalue weighted by atomic mass is 10.1. The maximum absolute atomic E-state index is 5.54. The average Bonchev–Trinajstić information content (AvgIpc) is 3.50. The minimum Gasteiger partial charge on any atom is -0.495 e. The fourth-order valence-corrected chi connectivity index (χ4v) is 4.08. The Kier molecular flexibility index (Phi) is 7.27. The quantitative estimate of drug-likeness (QED) is 0.422. The number of benzene rings is 2. The van der Waals surface area contributed by atoms with Gasteiger partial charge in [0.2, 0.25) is 0 Å². The van der Waals surface area contributed by atoms with Crippen molar-refractivity contribution in [2.45, 2.75) is 32.5 Å². The van der Waals surface area contributed by atoms with E-state index in [1.165, 1.54) is 11.1 Å². The molecule has 1 saturated heterocycles. The molecule has 0 amide bonds. The number of nitrogens with one attached hydrogen (secondary N) is 2. The Morgan fingerprint density at radius 2 is 2.03 bits per heavy atom. The number of rotatable bonds is 8. The van der Waals surface area contributed by atoms with Crippen LogP contribution in [0.15, 0.2) is 72.0 Å². The molecule has 2 N–H and O–H groups in total. The zero-order valence-electron chi connectivity index (χ0n) is 18.9. The van der Waals surface area contributed by atoms with E-state index in [1.54, 1.807) is 13.3 Å². The molecule has 1 unspecified atom stereocenters. The van der Waals surface area contributed by atoms with Crippen LogP contribution in [-0.4, -0.2) is 48.5 Å². The number of nitrogens with zero attached hydrogens (tertiary/aromatic N) is 4. The van der Waals surface area contributed by atoms with Gasteiger partial charge in [-0.15, -0.1) is 0 Å². The highest BCUT2D eigenvalue weighted by Gasteiger charge is 2.25. The van der Waals surface area contributed by atoms with E-state index >= 15 is 0 Å². The molecule has 1 aliphatic heterocycles. The Balaban J connectivity index is 1.37. The number of hydrogen-bond donors (Lipinski definition) is 2. The average molecular weight is 433 g/mol. The maximum atomic E-state index is 5.54. The molecule has 0 radical (unpaired) electrons. The van der Waals surface area contributed by atoms with Crippen molar-refractivity contribution in [1.29, 1.82) is 0 Å². The van der Waals surface area contributed by atoms with E-state index in [4.69, 9.17) is 9.73 Å². The van der Waals surface area contributed by atoms with Gasteiger partial charge in [0.25, 0.3) is 0 Å². The van der Waals surface area contributed by atoms with Gasteiger partial charge < -0.3 is 20.3 Å². The lowest BCUT2D eigenvalue weighted by Gasteiger charge is -2.22. The Morgan fingerprint density at radius 1 is 1.16 bits per heavy atom. The van der Waals surface area contributed by atoms with E-state index in [9.17, 15) is 0 Å². The molecular weight excluding hydrogens is 400 g/mol. The minimum atomic E-state index is 0.337. The molecule has 0 saturated carbocycles. The van der Waals surface area contributed by atoms with Crippen LogP contribution < -0.4 is 20.3 Å². The summed E-state index contributed by atoms with van der Waals surface area (Å²) in [6.45, 7) is 6.23. The Bertz CT molecular complexity index is 1020. The van der Waals surface area contributed by atoms with Crippen molar-refractivity contribution in [1.82, 2.24) is 20.4 Å². The van der Waals surface area contributed by atoms with Crippen molar-refractivity contribution in [2.75, 3.05) is 31.6 Å². The van der Waals surface area contributed by atoms with Crippen molar-refractivity contribution < 1.29 is 4.74 Å². The number of anilines is 1. The highest BCUT2D eigenvalue weighted by atomic mass is 16.5. The fourth-order valence-electron chi connectivity index (χ4n) is 4.08. The van der Waals surface area contributed by atoms with Crippen LogP contribution in [0.25, 0.3) is 0 Å². The topological polar surface area (TPSA) is 66.7 Å². The number of ether oxygens (including phenoxy) is 1. The predicted molar refractivity (Wildman–Crippen MR) is 129 cm³/mol. The molecule has 7 heteroatoms.